The minimum absolute atomic E-state index is 0.0106. The quantitative estimate of drug-likeness (QED) is 0.0474. The summed E-state index contributed by atoms with van der Waals surface area (Å²) in [7, 11) is 0. The van der Waals surface area contributed by atoms with Crippen LogP contribution in [0.15, 0.2) is 36.5 Å². The summed E-state index contributed by atoms with van der Waals surface area (Å²) in [6, 6.07) is -0.469. The Morgan fingerprint density at radius 2 is 0.978 bits per heavy atom. The van der Waals surface area contributed by atoms with Crippen LogP contribution in [0.4, 0.5) is 0 Å². The van der Waals surface area contributed by atoms with Gasteiger partial charge in [-0.1, -0.05) is 140 Å². The van der Waals surface area contributed by atoms with E-state index < -0.39 is 6.04 Å². The fourth-order valence-corrected chi connectivity index (χ4v) is 5.66. The van der Waals surface area contributed by atoms with Crippen LogP contribution >= 0.6 is 0 Å². The van der Waals surface area contributed by atoms with Crippen molar-refractivity contribution >= 4 is 11.8 Å². The van der Waals surface area contributed by atoms with E-state index in [0.29, 0.717) is 25.9 Å². The van der Waals surface area contributed by atoms with Crippen LogP contribution in [0.5, 0.6) is 0 Å². The first-order valence-electron chi connectivity index (χ1n) is 19.9. The van der Waals surface area contributed by atoms with Crippen molar-refractivity contribution in [1.82, 2.24) is 10.6 Å². The predicted molar refractivity (Wildman–Crippen MR) is 202 cm³/mol. The van der Waals surface area contributed by atoms with Gasteiger partial charge in [0.15, 0.2) is 0 Å². The average molecular weight is 644 g/mol. The number of hydrogen-bond acceptors (Lipinski definition) is 3. The van der Waals surface area contributed by atoms with Gasteiger partial charge >= 0.3 is 0 Å². The Hall–Kier alpha value is -1.88. The van der Waals surface area contributed by atoms with Gasteiger partial charge in [0.05, 0.1) is 0 Å². The highest BCUT2D eigenvalue weighted by Gasteiger charge is 2.19. The molecule has 268 valence electrons. The van der Waals surface area contributed by atoms with Crippen molar-refractivity contribution in [1.29, 1.82) is 0 Å². The maximum absolute atomic E-state index is 12.8. The third-order valence-electron chi connectivity index (χ3n) is 8.69. The fourth-order valence-electron chi connectivity index (χ4n) is 5.66. The van der Waals surface area contributed by atoms with Gasteiger partial charge in [-0.3, -0.25) is 9.59 Å². The highest BCUT2D eigenvalue weighted by atomic mass is 16.2. The summed E-state index contributed by atoms with van der Waals surface area (Å²) in [6.07, 6.45) is 46.4. The third-order valence-corrected chi connectivity index (χ3v) is 8.69. The number of unbranched alkanes of at least 4 members (excludes halogenated alkanes) is 20. The van der Waals surface area contributed by atoms with Crippen LogP contribution in [0.1, 0.15) is 194 Å². The van der Waals surface area contributed by atoms with E-state index in [1.54, 1.807) is 0 Å². The van der Waals surface area contributed by atoms with Crippen molar-refractivity contribution in [2.24, 2.45) is 5.73 Å². The Labute approximate surface area is 286 Å². The van der Waals surface area contributed by atoms with Crippen LogP contribution in [-0.4, -0.2) is 30.9 Å². The molecule has 1 unspecified atom stereocenters. The van der Waals surface area contributed by atoms with Crippen LogP contribution in [0.2, 0.25) is 0 Å². The molecule has 0 heterocycles. The molecule has 0 aromatic rings. The van der Waals surface area contributed by atoms with E-state index in [9.17, 15) is 9.59 Å². The van der Waals surface area contributed by atoms with Crippen LogP contribution < -0.4 is 16.4 Å². The molecule has 0 aromatic heterocycles. The summed E-state index contributed by atoms with van der Waals surface area (Å²) in [5.41, 5.74) is 5.70. The molecule has 1 atom stereocenters. The molecule has 5 nitrogen and oxygen atoms in total. The van der Waals surface area contributed by atoms with Gasteiger partial charge in [-0.15, -0.1) is 0 Å². The van der Waals surface area contributed by atoms with E-state index in [0.717, 1.165) is 38.5 Å². The molecule has 2 amide bonds. The van der Waals surface area contributed by atoms with E-state index in [1.807, 2.05) is 0 Å². The highest BCUT2D eigenvalue weighted by Crippen LogP contribution is 2.11. The second kappa shape index (κ2) is 37.6. The largest absolute Gasteiger partial charge is 0.354 e. The summed E-state index contributed by atoms with van der Waals surface area (Å²) in [5.74, 6) is -0.0718. The molecule has 0 aromatic carbocycles. The molecule has 0 aliphatic rings. The zero-order valence-electron chi connectivity index (χ0n) is 30.6. The fraction of sp³-hybridized carbons (Fsp3) is 0.805. The van der Waals surface area contributed by atoms with Gasteiger partial charge < -0.3 is 16.4 Å². The molecule has 0 aliphatic heterocycles. The van der Waals surface area contributed by atoms with Crippen molar-refractivity contribution in [3.8, 4) is 0 Å². The van der Waals surface area contributed by atoms with E-state index in [2.05, 4.69) is 60.9 Å². The highest BCUT2D eigenvalue weighted by molar-refractivity contribution is 5.87. The minimum Gasteiger partial charge on any atom is -0.354 e. The molecule has 0 radical (unpaired) electrons. The topological polar surface area (TPSA) is 84.2 Å². The summed E-state index contributed by atoms with van der Waals surface area (Å²) < 4.78 is 0. The SMILES string of the molecule is CCCCCC=CCC=CCCCCCCCCNC(=O)C(CCCN)NC(=O)CCCCCCCC=CCCCCCCCC. The Balaban J connectivity index is 3.81. The molecule has 0 fully saturated rings. The first kappa shape index (κ1) is 44.1. The predicted octanol–water partition coefficient (Wildman–Crippen LogP) is 11.2. The third kappa shape index (κ3) is 33.5. The molecular formula is C41H77N3O2. The molecule has 4 N–H and O–H groups in total. The normalized spacial score (nSPS) is 12.5. The second-order valence-electron chi connectivity index (χ2n) is 13.3. The van der Waals surface area contributed by atoms with E-state index in [1.165, 1.54) is 128 Å². The van der Waals surface area contributed by atoms with Crippen LogP contribution in [0.25, 0.3) is 0 Å². The smallest absolute Gasteiger partial charge is 0.242 e. The molecule has 0 saturated carbocycles. The lowest BCUT2D eigenvalue weighted by Crippen LogP contribution is -2.47. The summed E-state index contributed by atoms with van der Waals surface area (Å²) in [5, 5.41) is 6.04. The zero-order valence-corrected chi connectivity index (χ0v) is 30.6. The van der Waals surface area contributed by atoms with Gasteiger partial charge in [-0.2, -0.15) is 0 Å². The molecule has 5 heteroatoms. The molecule has 0 spiro atoms. The summed E-state index contributed by atoms with van der Waals surface area (Å²) in [4.78, 5) is 25.3. The number of carbonyl (C=O) groups is 2. The van der Waals surface area contributed by atoms with Crippen LogP contribution in [0.3, 0.4) is 0 Å². The monoisotopic (exact) mass is 644 g/mol. The standard InChI is InChI=1S/C41H77N3O2/c1-3-5-7-9-11-13-15-17-19-21-23-25-27-29-31-33-38-43-41(46)39(35-34-37-42)44-40(45)36-32-30-28-26-24-22-20-18-16-14-12-10-8-6-4-2/h11,13,17-20,39H,3-10,12,14-16,21-38,42H2,1-2H3,(H,43,46)(H,44,45). The number of nitrogens with two attached hydrogens (primary N) is 1. The lowest BCUT2D eigenvalue weighted by molar-refractivity contribution is -0.129. The number of allylic oxidation sites excluding steroid dienone is 6. The van der Waals surface area contributed by atoms with E-state index >= 15 is 0 Å². The van der Waals surface area contributed by atoms with Gasteiger partial charge in [0.2, 0.25) is 11.8 Å². The number of amides is 2. The van der Waals surface area contributed by atoms with Crippen molar-refractivity contribution in [2.75, 3.05) is 13.1 Å². The molecule has 46 heavy (non-hydrogen) atoms. The van der Waals surface area contributed by atoms with E-state index in [4.69, 9.17) is 5.73 Å². The van der Waals surface area contributed by atoms with Crippen molar-refractivity contribution in [3.63, 3.8) is 0 Å². The molecule has 0 rings (SSSR count). The van der Waals surface area contributed by atoms with Gasteiger partial charge in [-0.05, 0) is 90.0 Å². The lowest BCUT2D eigenvalue weighted by Gasteiger charge is -2.18. The van der Waals surface area contributed by atoms with Crippen molar-refractivity contribution in [2.45, 2.75) is 200 Å². The average Bonchev–Trinajstić information content (AvgIpc) is 3.06. The lowest BCUT2D eigenvalue weighted by atomic mass is 10.1. The Kier molecular flexibility index (Phi) is 36.0. The zero-order chi connectivity index (χ0) is 33.6. The maximum Gasteiger partial charge on any atom is 0.242 e. The number of hydrogen-bond donors (Lipinski definition) is 3. The van der Waals surface area contributed by atoms with Gasteiger partial charge in [-0.25, -0.2) is 0 Å². The first-order valence-corrected chi connectivity index (χ1v) is 19.9. The minimum atomic E-state index is -0.469. The summed E-state index contributed by atoms with van der Waals surface area (Å²) >= 11 is 0. The van der Waals surface area contributed by atoms with E-state index in [-0.39, 0.29) is 11.8 Å². The Morgan fingerprint density at radius 1 is 0.543 bits per heavy atom. The van der Waals surface area contributed by atoms with Gasteiger partial charge in [0, 0.05) is 13.0 Å². The maximum atomic E-state index is 12.8. The first-order chi connectivity index (χ1) is 22.7. The van der Waals surface area contributed by atoms with Crippen LogP contribution in [-0.2, 0) is 9.59 Å². The number of rotatable bonds is 35. The van der Waals surface area contributed by atoms with Gasteiger partial charge in [0.1, 0.15) is 6.04 Å². The second-order valence-corrected chi connectivity index (χ2v) is 13.3. The Morgan fingerprint density at radius 3 is 1.52 bits per heavy atom. The van der Waals surface area contributed by atoms with Gasteiger partial charge in [0.25, 0.3) is 0 Å². The molecular weight excluding hydrogens is 566 g/mol. The number of nitrogens with one attached hydrogen (secondary N) is 2. The van der Waals surface area contributed by atoms with Crippen molar-refractivity contribution in [3.05, 3.63) is 36.5 Å². The summed E-state index contributed by atoms with van der Waals surface area (Å²) in [6.45, 7) is 5.72. The number of carbonyl (C=O) groups excluding carboxylic acids is 2. The van der Waals surface area contributed by atoms with Crippen LogP contribution in [0, 0.1) is 0 Å². The van der Waals surface area contributed by atoms with Crippen molar-refractivity contribution < 1.29 is 9.59 Å². The molecule has 0 saturated heterocycles. The molecule has 0 aliphatic carbocycles. The Bertz CT molecular complexity index is 746. The molecule has 0 bridgehead atoms.